The molecule has 0 aliphatic carbocycles. The van der Waals surface area contributed by atoms with Gasteiger partial charge in [0.05, 0.1) is 0 Å². The average molecular weight is 244 g/mol. The molecule has 90 valence electrons. The largest absolute Gasteiger partial charge is 0.481 e. The average Bonchev–Trinajstić information content (AvgIpc) is 2.09. The summed E-state index contributed by atoms with van der Waals surface area (Å²) in [6.07, 6.45) is -3.76. The highest BCUT2D eigenvalue weighted by atomic mass is 32.2. The molecule has 0 aromatic rings. The number of alkyl halides is 3. The van der Waals surface area contributed by atoms with Crippen LogP contribution in [0.5, 0.6) is 0 Å². The van der Waals surface area contributed by atoms with Gasteiger partial charge in [-0.2, -0.15) is 24.9 Å². The number of carboxylic acids is 1. The Morgan fingerprint density at radius 1 is 1.40 bits per heavy atom. The zero-order valence-electron chi connectivity index (χ0n) is 8.67. The first-order valence-electron chi connectivity index (χ1n) is 4.66. The SMILES string of the molecule is CCC(C)CSCC(C(=O)O)C(F)(F)F. The summed E-state index contributed by atoms with van der Waals surface area (Å²) in [5.74, 6) is -3.55. The second kappa shape index (κ2) is 6.25. The Balaban J connectivity index is 4.05. The van der Waals surface area contributed by atoms with Gasteiger partial charge in [0.2, 0.25) is 0 Å². The van der Waals surface area contributed by atoms with E-state index in [0.717, 1.165) is 18.2 Å². The number of thioether (sulfide) groups is 1. The minimum absolute atomic E-state index is 0.317. The van der Waals surface area contributed by atoms with E-state index in [1.165, 1.54) is 0 Å². The number of carboxylic acid groups (broad SMARTS) is 1. The van der Waals surface area contributed by atoms with Gasteiger partial charge in [-0.25, -0.2) is 0 Å². The van der Waals surface area contributed by atoms with Gasteiger partial charge < -0.3 is 5.11 Å². The van der Waals surface area contributed by atoms with E-state index < -0.39 is 23.8 Å². The monoisotopic (exact) mass is 244 g/mol. The minimum Gasteiger partial charge on any atom is -0.481 e. The van der Waals surface area contributed by atoms with Crippen molar-refractivity contribution in [1.82, 2.24) is 0 Å². The fraction of sp³-hybridized carbons (Fsp3) is 0.889. The van der Waals surface area contributed by atoms with Crippen molar-refractivity contribution in [2.75, 3.05) is 11.5 Å². The van der Waals surface area contributed by atoms with Crippen LogP contribution in [0.3, 0.4) is 0 Å². The Labute approximate surface area is 91.2 Å². The molecule has 0 aromatic carbocycles. The predicted molar refractivity (Wildman–Crippen MR) is 54.0 cm³/mol. The molecule has 0 aliphatic heterocycles. The zero-order chi connectivity index (χ0) is 12.1. The molecule has 0 spiro atoms. The van der Waals surface area contributed by atoms with E-state index in [0.29, 0.717) is 11.7 Å². The normalized spacial score (nSPS) is 16.1. The van der Waals surface area contributed by atoms with Gasteiger partial charge >= 0.3 is 12.1 Å². The van der Waals surface area contributed by atoms with E-state index in [2.05, 4.69) is 0 Å². The molecule has 2 atom stereocenters. The lowest BCUT2D eigenvalue weighted by Gasteiger charge is -2.16. The molecule has 0 rings (SSSR count). The lowest BCUT2D eigenvalue weighted by Crippen LogP contribution is -2.32. The molecule has 2 unspecified atom stereocenters. The lowest BCUT2D eigenvalue weighted by molar-refractivity contribution is -0.188. The van der Waals surface area contributed by atoms with Gasteiger partial charge in [0.15, 0.2) is 5.92 Å². The summed E-state index contributed by atoms with van der Waals surface area (Å²) in [5, 5.41) is 8.40. The van der Waals surface area contributed by atoms with E-state index in [1.54, 1.807) is 0 Å². The van der Waals surface area contributed by atoms with Crippen molar-refractivity contribution >= 4 is 17.7 Å². The summed E-state index contributed by atoms with van der Waals surface area (Å²) in [4.78, 5) is 10.4. The van der Waals surface area contributed by atoms with Crippen molar-refractivity contribution in [1.29, 1.82) is 0 Å². The topological polar surface area (TPSA) is 37.3 Å². The third-order valence-electron chi connectivity index (χ3n) is 2.08. The maximum atomic E-state index is 12.2. The quantitative estimate of drug-likeness (QED) is 0.780. The van der Waals surface area contributed by atoms with Gasteiger partial charge in [-0.15, -0.1) is 0 Å². The smallest absolute Gasteiger partial charge is 0.403 e. The molecule has 0 radical (unpaired) electrons. The van der Waals surface area contributed by atoms with Crippen LogP contribution in [0.1, 0.15) is 20.3 Å². The lowest BCUT2D eigenvalue weighted by atomic mass is 10.2. The van der Waals surface area contributed by atoms with Gasteiger partial charge in [-0.05, 0) is 11.7 Å². The van der Waals surface area contributed by atoms with Crippen LogP contribution in [0.15, 0.2) is 0 Å². The van der Waals surface area contributed by atoms with Crippen LogP contribution in [0, 0.1) is 11.8 Å². The highest BCUT2D eigenvalue weighted by Crippen LogP contribution is 2.30. The van der Waals surface area contributed by atoms with Crippen LogP contribution < -0.4 is 0 Å². The van der Waals surface area contributed by atoms with Crippen LogP contribution in [-0.2, 0) is 4.79 Å². The molecule has 2 nitrogen and oxygen atoms in total. The summed E-state index contributed by atoms with van der Waals surface area (Å²) >= 11 is 1.05. The predicted octanol–water partition coefficient (Wildman–Crippen LogP) is 3.03. The first kappa shape index (κ1) is 14.6. The molecule has 0 aliphatic rings. The van der Waals surface area contributed by atoms with Gasteiger partial charge in [0.25, 0.3) is 0 Å². The van der Waals surface area contributed by atoms with Crippen LogP contribution in [0.2, 0.25) is 0 Å². The van der Waals surface area contributed by atoms with E-state index in [9.17, 15) is 18.0 Å². The van der Waals surface area contributed by atoms with Crippen molar-refractivity contribution in [3.8, 4) is 0 Å². The summed E-state index contributed by atoms with van der Waals surface area (Å²) in [6, 6.07) is 0. The zero-order valence-corrected chi connectivity index (χ0v) is 9.49. The fourth-order valence-electron chi connectivity index (χ4n) is 0.811. The second-order valence-corrected chi connectivity index (χ2v) is 4.56. The molecule has 15 heavy (non-hydrogen) atoms. The third kappa shape index (κ3) is 5.92. The Hall–Kier alpha value is -0.390. The van der Waals surface area contributed by atoms with E-state index in [1.807, 2.05) is 13.8 Å². The van der Waals surface area contributed by atoms with Crippen molar-refractivity contribution < 1.29 is 23.1 Å². The van der Waals surface area contributed by atoms with Gasteiger partial charge in [0, 0.05) is 5.75 Å². The molecule has 0 bridgehead atoms. The van der Waals surface area contributed by atoms with Crippen molar-refractivity contribution in [3.05, 3.63) is 0 Å². The number of aliphatic carboxylic acids is 1. The molecule has 0 fully saturated rings. The summed E-state index contributed by atoms with van der Waals surface area (Å²) in [6.45, 7) is 3.88. The molecule has 0 aromatic heterocycles. The first-order chi connectivity index (χ1) is 6.79. The van der Waals surface area contributed by atoms with E-state index >= 15 is 0 Å². The van der Waals surface area contributed by atoms with Crippen molar-refractivity contribution in [3.63, 3.8) is 0 Å². The Bertz CT molecular complexity index is 206. The number of hydrogen-bond acceptors (Lipinski definition) is 2. The highest BCUT2D eigenvalue weighted by Gasteiger charge is 2.44. The Morgan fingerprint density at radius 2 is 1.93 bits per heavy atom. The van der Waals surface area contributed by atoms with Gasteiger partial charge in [-0.3, -0.25) is 4.79 Å². The molecule has 0 saturated heterocycles. The van der Waals surface area contributed by atoms with Crippen LogP contribution >= 0.6 is 11.8 Å². The van der Waals surface area contributed by atoms with Crippen LogP contribution in [0.4, 0.5) is 13.2 Å². The number of hydrogen-bond donors (Lipinski definition) is 1. The first-order valence-corrected chi connectivity index (χ1v) is 5.81. The third-order valence-corrected chi connectivity index (χ3v) is 3.45. The molecule has 0 amide bonds. The van der Waals surface area contributed by atoms with Gasteiger partial charge in [-0.1, -0.05) is 20.3 Å². The molecular weight excluding hydrogens is 229 g/mol. The molecule has 0 saturated carbocycles. The standard InChI is InChI=1S/C9H15F3O2S/c1-3-6(2)4-15-5-7(8(13)14)9(10,11)12/h6-7H,3-5H2,1-2H3,(H,13,14). The maximum absolute atomic E-state index is 12.2. The maximum Gasteiger partial charge on any atom is 0.403 e. The second-order valence-electron chi connectivity index (χ2n) is 3.48. The Morgan fingerprint density at radius 3 is 2.27 bits per heavy atom. The Kier molecular flexibility index (Phi) is 6.09. The fourth-order valence-corrected chi connectivity index (χ4v) is 2.15. The molecule has 0 heterocycles. The van der Waals surface area contributed by atoms with Gasteiger partial charge in [0.1, 0.15) is 0 Å². The van der Waals surface area contributed by atoms with Crippen molar-refractivity contribution in [2.24, 2.45) is 11.8 Å². The minimum atomic E-state index is -4.64. The van der Waals surface area contributed by atoms with Crippen LogP contribution in [-0.4, -0.2) is 28.8 Å². The van der Waals surface area contributed by atoms with E-state index in [4.69, 9.17) is 5.11 Å². The van der Waals surface area contributed by atoms with Crippen molar-refractivity contribution in [2.45, 2.75) is 26.4 Å². The molecule has 6 heteroatoms. The van der Waals surface area contributed by atoms with E-state index in [-0.39, 0.29) is 0 Å². The number of rotatable bonds is 6. The van der Waals surface area contributed by atoms with Crippen LogP contribution in [0.25, 0.3) is 0 Å². The highest BCUT2D eigenvalue weighted by molar-refractivity contribution is 7.99. The summed E-state index contributed by atoms with van der Waals surface area (Å²) < 4.78 is 36.5. The number of halogens is 3. The molecular formula is C9H15F3O2S. The summed E-state index contributed by atoms with van der Waals surface area (Å²) in [7, 11) is 0. The molecule has 1 N–H and O–H groups in total. The summed E-state index contributed by atoms with van der Waals surface area (Å²) in [5.41, 5.74) is 0. The number of carbonyl (C=O) groups is 1.